The lowest BCUT2D eigenvalue weighted by atomic mass is 10.1. The van der Waals surface area contributed by atoms with Gasteiger partial charge in [-0.2, -0.15) is 0 Å². The van der Waals surface area contributed by atoms with Gasteiger partial charge < -0.3 is 10.2 Å². The molecule has 0 unspecified atom stereocenters. The van der Waals surface area contributed by atoms with Gasteiger partial charge in [0.2, 0.25) is 5.91 Å². The van der Waals surface area contributed by atoms with Gasteiger partial charge in [0, 0.05) is 29.8 Å². The Hall–Kier alpha value is -1.84. The van der Waals surface area contributed by atoms with Gasteiger partial charge in [-0.05, 0) is 57.9 Å². The number of carbonyl (C=O) groups is 2. The standard InChI is InChI=1S/C18H26N2O2/c1-5-16(21)13-8-10-14(11-9-13)20-12-6-7-15(20)17(22)19-18(2,3)4/h8-11,15H,5-7,12H2,1-4H3,(H,19,22)/t15-/m1/s1. The van der Waals surface area contributed by atoms with Crippen molar-refractivity contribution in [3.8, 4) is 0 Å². The highest BCUT2D eigenvalue weighted by molar-refractivity contribution is 5.96. The molecule has 0 bridgehead atoms. The number of hydrogen-bond donors (Lipinski definition) is 1. The Morgan fingerprint density at radius 2 is 1.86 bits per heavy atom. The molecule has 22 heavy (non-hydrogen) atoms. The summed E-state index contributed by atoms with van der Waals surface area (Å²) in [5.74, 6) is 0.230. The van der Waals surface area contributed by atoms with Crippen LogP contribution >= 0.6 is 0 Å². The molecule has 1 aromatic rings. The highest BCUT2D eigenvalue weighted by Gasteiger charge is 2.32. The van der Waals surface area contributed by atoms with Crippen LogP contribution in [0.2, 0.25) is 0 Å². The number of Topliss-reactive ketones (excluding diaryl/α,β-unsaturated/α-hetero) is 1. The van der Waals surface area contributed by atoms with Crippen LogP contribution in [-0.2, 0) is 4.79 Å². The minimum atomic E-state index is -0.219. The molecule has 1 heterocycles. The average Bonchev–Trinajstić information content (AvgIpc) is 2.94. The van der Waals surface area contributed by atoms with Gasteiger partial charge in [0.1, 0.15) is 6.04 Å². The summed E-state index contributed by atoms with van der Waals surface area (Å²) < 4.78 is 0. The molecule has 1 saturated heterocycles. The van der Waals surface area contributed by atoms with Gasteiger partial charge in [0.05, 0.1) is 0 Å². The van der Waals surface area contributed by atoms with Crippen molar-refractivity contribution in [2.24, 2.45) is 0 Å². The van der Waals surface area contributed by atoms with Gasteiger partial charge in [-0.3, -0.25) is 9.59 Å². The zero-order valence-corrected chi connectivity index (χ0v) is 14.0. The van der Waals surface area contributed by atoms with Crippen LogP contribution in [0.25, 0.3) is 0 Å². The van der Waals surface area contributed by atoms with Gasteiger partial charge in [0.25, 0.3) is 0 Å². The molecule has 1 aliphatic heterocycles. The van der Waals surface area contributed by atoms with E-state index in [4.69, 9.17) is 0 Å². The fraction of sp³-hybridized carbons (Fsp3) is 0.556. The largest absolute Gasteiger partial charge is 0.360 e. The van der Waals surface area contributed by atoms with Crippen LogP contribution < -0.4 is 10.2 Å². The molecule has 0 radical (unpaired) electrons. The van der Waals surface area contributed by atoms with E-state index in [1.165, 1.54) is 0 Å². The number of carbonyl (C=O) groups excluding carboxylic acids is 2. The Kier molecular flexibility index (Phi) is 4.89. The lowest BCUT2D eigenvalue weighted by Crippen LogP contribution is -2.50. The maximum atomic E-state index is 12.5. The topological polar surface area (TPSA) is 49.4 Å². The number of hydrogen-bond acceptors (Lipinski definition) is 3. The summed E-state index contributed by atoms with van der Waals surface area (Å²) in [5.41, 5.74) is 1.53. The van der Waals surface area contributed by atoms with Gasteiger partial charge in [-0.15, -0.1) is 0 Å². The van der Waals surface area contributed by atoms with Crippen LogP contribution in [0, 0.1) is 0 Å². The maximum Gasteiger partial charge on any atom is 0.243 e. The number of ketones is 1. The van der Waals surface area contributed by atoms with E-state index >= 15 is 0 Å². The van der Waals surface area contributed by atoms with E-state index in [9.17, 15) is 9.59 Å². The Labute approximate surface area is 132 Å². The summed E-state index contributed by atoms with van der Waals surface area (Å²) in [6, 6.07) is 7.50. The first-order valence-electron chi connectivity index (χ1n) is 8.04. The minimum Gasteiger partial charge on any atom is -0.360 e. The Morgan fingerprint density at radius 1 is 1.23 bits per heavy atom. The minimum absolute atomic E-state index is 0.0821. The Bertz CT molecular complexity index is 543. The number of benzene rings is 1. The van der Waals surface area contributed by atoms with Crippen molar-refractivity contribution in [2.45, 2.75) is 58.5 Å². The molecule has 0 spiro atoms. The van der Waals surface area contributed by atoms with Crippen LogP contribution in [-0.4, -0.2) is 29.8 Å². The Balaban J connectivity index is 2.13. The molecule has 1 aliphatic rings. The zero-order chi connectivity index (χ0) is 16.3. The summed E-state index contributed by atoms with van der Waals surface area (Å²) in [6.45, 7) is 8.73. The van der Waals surface area contributed by atoms with Crippen molar-refractivity contribution in [3.63, 3.8) is 0 Å². The molecule has 4 heteroatoms. The Morgan fingerprint density at radius 3 is 2.41 bits per heavy atom. The van der Waals surface area contributed by atoms with Crippen molar-refractivity contribution < 1.29 is 9.59 Å². The predicted molar refractivity (Wildman–Crippen MR) is 89.3 cm³/mol. The van der Waals surface area contributed by atoms with Crippen LogP contribution in [0.4, 0.5) is 5.69 Å². The van der Waals surface area contributed by atoms with E-state index in [0.29, 0.717) is 6.42 Å². The molecule has 0 aromatic heterocycles. The second-order valence-electron chi connectivity index (χ2n) is 6.91. The highest BCUT2D eigenvalue weighted by Crippen LogP contribution is 2.26. The highest BCUT2D eigenvalue weighted by atomic mass is 16.2. The van der Waals surface area contributed by atoms with Crippen molar-refractivity contribution >= 4 is 17.4 Å². The molecule has 120 valence electrons. The van der Waals surface area contributed by atoms with E-state index in [1.54, 1.807) is 0 Å². The molecule has 1 fully saturated rings. The summed E-state index contributed by atoms with van der Waals surface area (Å²) >= 11 is 0. The summed E-state index contributed by atoms with van der Waals surface area (Å²) in [7, 11) is 0. The van der Waals surface area contributed by atoms with Crippen LogP contribution in [0.1, 0.15) is 57.3 Å². The third kappa shape index (κ3) is 3.87. The molecule has 1 N–H and O–H groups in total. The lowest BCUT2D eigenvalue weighted by Gasteiger charge is -2.29. The van der Waals surface area contributed by atoms with E-state index in [1.807, 2.05) is 52.0 Å². The van der Waals surface area contributed by atoms with Crippen molar-refractivity contribution in [3.05, 3.63) is 29.8 Å². The van der Waals surface area contributed by atoms with Crippen molar-refractivity contribution in [1.82, 2.24) is 5.32 Å². The molecule has 0 aliphatic carbocycles. The van der Waals surface area contributed by atoms with Crippen molar-refractivity contribution in [2.75, 3.05) is 11.4 Å². The van der Waals surface area contributed by atoms with Gasteiger partial charge in [-0.25, -0.2) is 0 Å². The van der Waals surface area contributed by atoms with E-state index < -0.39 is 0 Å². The van der Waals surface area contributed by atoms with Gasteiger partial charge in [-0.1, -0.05) is 6.92 Å². The van der Waals surface area contributed by atoms with Gasteiger partial charge >= 0.3 is 0 Å². The fourth-order valence-corrected chi connectivity index (χ4v) is 2.84. The third-order valence-corrected chi connectivity index (χ3v) is 3.90. The van der Waals surface area contributed by atoms with Crippen LogP contribution in [0.3, 0.4) is 0 Å². The van der Waals surface area contributed by atoms with Crippen LogP contribution in [0.5, 0.6) is 0 Å². The number of nitrogens with one attached hydrogen (secondary N) is 1. The molecule has 4 nitrogen and oxygen atoms in total. The summed E-state index contributed by atoms with van der Waals surface area (Å²) in [4.78, 5) is 26.3. The number of amides is 1. The molecule has 2 rings (SSSR count). The monoisotopic (exact) mass is 302 g/mol. The number of nitrogens with zero attached hydrogens (tertiary/aromatic N) is 1. The van der Waals surface area contributed by atoms with E-state index in [0.717, 1.165) is 30.6 Å². The number of rotatable bonds is 4. The molecule has 1 amide bonds. The summed E-state index contributed by atoms with van der Waals surface area (Å²) in [5, 5.41) is 3.06. The molecule has 1 aromatic carbocycles. The first-order chi connectivity index (χ1) is 10.3. The lowest BCUT2D eigenvalue weighted by molar-refractivity contribution is -0.123. The predicted octanol–water partition coefficient (Wildman–Crippen LogP) is 3.16. The second-order valence-corrected chi connectivity index (χ2v) is 6.91. The van der Waals surface area contributed by atoms with E-state index in [-0.39, 0.29) is 23.3 Å². The molecule has 0 saturated carbocycles. The second kappa shape index (κ2) is 6.51. The fourth-order valence-electron chi connectivity index (χ4n) is 2.84. The molecular weight excluding hydrogens is 276 g/mol. The zero-order valence-electron chi connectivity index (χ0n) is 14.0. The summed E-state index contributed by atoms with van der Waals surface area (Å²) in [6.07, 6.45) is 2.40. The maximum absolute atomic E-state index is 12.5. The quantitative estimate of drug-likeness (QED) is 0.869. The normalized spacial score (nSPS) is 18.4. The molecule has 1 atom stereocenters. The molecular formula is C18H26N2O2. The van der Waals surface area contributed by atoms with Gasteiger partial charge in [0.15, 0.2) is 5.78 Å². The third-order valence-electron chi connectivity index (χ3n) is 3.90. The SMILES string of the molecule is CCC(=O)c1ccc(N2CCC[C@@H]2C(=O)NC(C)(C)C)cc1. The first-order valence-corrected chi connectivity index (χ1v) is 8.04. The number of anilines is 1. The first kappa shape index (κ1) is 16.5. The van der Waals surface area contributed by atoms with Crippen molar-refractivity contribution in [1.29, 1.82) is 0 Å². The van der Waals surface area contributed by atoms with Crippen LogP contribution in [0.15, 0.2) is 24.3 Å². The average molecular weight is 302 g/mol. The van der Waals surface area contributed by atoms with E-state index in [2.05, 4.69) is 10.2 Å². The smallest absolute Gasteiger partial charge is 0.243 e.